The lowest BCUT2D eigenvalue weighted by Gasteiger charge is -2.14. The molecule has 24 heavy (non-hydrogen) atoms. The normalized spacial score (nSPS) is 10.2. The van der Waals surface area contributed by atoms with Gasteiger partial charge in [-0.15, -0.1) is 0 Å². The SMILES string of the molecule is COc1cc(C)c(NC(=O)COc2ccc(Cl)c(C)c2)cc1OC. The minimum Gasteiger partial charge on any atom is -0.493 e. The quantitative estimate of drug-likeness (QED) is 0.856. The molecule has 0 bridgehead atoms. The van der Waals surface area contributed by atoms with E-state index in [2.05, 4.69) is 5.32 Å². The number of nitrogens with one attached hydrogen (secondary N) is 1. The molecule has 6 heteroatoms. The highest BCUT2D eigenvalue weighted by atomic mass is 35.5. The first-order valence-corrected chi connectivity index (χ1v) is 7.73. The Hall–Kier alpha value is -2.40. The molecular weight excluding hydrogens is 330 g/mol. The second kappa shape index (κ2) is 7.93. The van der Waals surface area contributed by atoms with Crippen LogP contribution in [0.15, 0.2) is 30.3 Å². The van der Waals surface area contributed by atoms with Gasteiger partial charge in [-0.25, -0.2) is 0 Å². The number of halogens is 1. The molecule has 0 fully saturated rings. The first-order chi connectivity index (χ1) is 11.4. The molecule has 2 aromatic carbocycles. The second-order valence-electron chi connectivity index (χ2n) is 5.27. The van der Waals surface area contributed by atoms with E-state index in [0.717, 1.165) is 11.1 Å². The predicted octanol–water partition coefficient (Wildman–Crippen LogP) is 3.99. The number of ether oxygens (including phenoxy) is 3. The van der Waals surface area contributed by atoms with Crippen molar-refractivity contribution in [1.29, 1.82) is 0 Å². The Balaban J connectivity index is 2.03. The van der Waals surface area contributed by atoms with Crippen LogP contribution in [0.5, 0.6) is 17.2 Å². The Bertz CT molecular complexity index is 746. The molecule has 0 aliphatic carbocycles. The molecular formula is C18H20ClNO4. The number of anilines is 1. The molecule has 0 unspecified atom stereocenters. The molecule has 0 saturated carbocycles. The summed E-state index contributed by atoms with van der Waals surface area (Å²) < 4.78 is 16.0. The lowest BCUT2D eigenvalue weighted by Crippen LogP contribution is -2.20. The van der Waals surface area contributed by atoms with Crippen molar-refractivity contribution in [3.8, 4) is 17.2 Å². The van der Waals surface area contributed by atoms with Crippen molar-refractivity contribution in [2.75, 3.05) is 26.1 Å². The van der Waals surface area contributed by atoms with Crippen LogP contribution >= 0.6 is 11.6 Å². The van der Waals surface area contributed by atoms with Crippen LogP contribution in [0.3, 0.4) is 0 Å². The fourth-order valence-electron chi connectivity index (χ4n) is 2.16. The van der Waals surface area contributed by atoms with Crippen LogP contribution in [0.2, 0.25) is 5.02 Å². The molecule has 0 aromatic heterocycles. The maximum absolute atomic E-state index is 12.1. The van der Waals surface area contributed by atoms with E-state index in [9.17, 15) is 4.79 Å². The Morgan fingerprint density at radius 2 is 1.71 bits per heavy atom. The number of benzene rings is 2. The van der Waals surface area contributed by atoms with Crippen molar-refractivity contribution in [3.63, 3.8) is 0 Å². The summed E-state index contributed by atoms with van der Waals surface area (Å²) in [5.74, 6) is 1.49. The molecule has 5 nitrogen and oxygen atoms in total. The topological polar surface area (TPSA) is 56.8 Å². The van der Waals surface area contributed by atoms with Crippen molar-refractivity contribution in [3.05, 3.63) is 46.5 Å². The standard InChI is InChI=1S/C18H20ClNO4/c1-11-7-13(5-6-14(11)19)24-10-18(21)20-15-9-17(23-4)16(22-3)8-12(15)2/h5-9H,10H2,1-4H3,(H,20,21). The highest BCUT2D eigenvalue weighted by molar-refractivity contribution is 6.31. The van der Waals surface area contributed by atoms with Crippen LogP contribution < -0.4 is 19.5 Å². The molecule has 0 radical (unpaired) electrons. The number of carbonyl (C=O) groups excluding carboxylic acids is 1. The van der Waals surface area contributed by atoms with Crippen LogP contribution in [-0.4, -0.2) is 26.7 Å². The highest BCUT2D eigenvalue weighted by Gasteiger charge is 2.11. The number of aryl methyl sites for hydroxylation is 2. The maximum Gasteiger partial charge on any atom is 0.262 e. The molecule has 0 aliphatic rings. The zero-order valence-corrected chi connectivity index (χ0v) is 14.9. The van der Waals surface area contributed by atoms with Crippen molar-refractivity contribution in [2.24, 2.45) is 0 Å². The van der Waals surface area contributed by atoms with Gasteiger partial charge in [0.05, 0.1) is 14.2 Å². The number of hydrogen-bond acceptors (Lipinski definition) is 4. The average Bonchev–Trinajstić information content (AvgIpc) is 2.57. The van der Waals surface area contributed by atoms with E-state index in [0.29, 0.717) is 28.0 Å². The smallest absolute Gasteiger partial charge is 0.262 e. The van der Waals surface area contributed by atoms with Gasteiger partial charge in [-0.3, -0.25) is 4.79 Å². The van der Waals surface area contributed by atoms with E-state index in [4.69, 9.17) is 25.8 Å². The van der Waals surface area contributed by atoms with Gasteiger partial charge in [-0.05, 0) is 49.2 Å². The van der Waals surface area contributed by atoms with E-state index in [1.807, 2.05) is 13.8 Å². The Morgan fingerprint density at radius 3 is 2.33 bits per heavy atom. The van der Waals surface area contributed by atoms with Crippen molar-refractivity contribution >= 4 is 23.2 Å². The number of carbonyl (C=O) groups is 1. The van der Waals surface area contributed by atoms with Gasteiger partial charge in [-0.2, -0.15) is 0 Å². The summed E-state index contributed by atoms with van der Waals surface area (Å²) in [6.07, 6.45) is 0. The van der Waals surface area contributed by atoms with E-state index >= 15 is 0 Å². The summed E-state index contributed by atoms with van der Waals surface area (Å²) in [4.78, 5) is 12.1. The molecule has 0 saturated heterocycles. The van der Waals surface area contributed by atoms with Crippen molar-refractivity contribution in [2.45, 2.75) is 13.8 Å². The summed E-state index contributed by atoms with van der Waals surface area (Å²) in [6, 6.07) is 8.78. The summed E-state index contributed by atoms with van der Waals surface area (Å²) in [5, 5.41) is 3.47. The number of hydrogen-bond donors (Lipinski definition) is 1. The predicted molar refractivity (Wildman–Crippen MR) is 94.6 cm³/mol. The number of rotatable bonds is 6. The first-order valence-electron chi connectivity index (χ1n) is 7.36. The van der Waals surface area contributed by atoms with E-state index in [-0.39, 0.29) is 12.5 Å². The van der Waals surface area contributed by atoms with Crippen LogP contribution in [0.25, 0.3) is 0 Å². The van der Waals surface area contributed by atoms with Gasteiger partial charge in [0, 0.05) is 16.8 Å². The second-order valence-corrected chi connectivity index (χ2v) is 5.68. The van der Waals surface area contributed by atoms with Crippen molar-refractivity contribution < 1.29 is 19.0 Å². The molecule has 0 aliphatic heterocycles. The summed E-state index contributed by atoms with van der Waals surface area (Å²) in [6.45, 7) is 3.65. The van der Waals surface area contributed by atoms with Gasteiger partial charge in [0.1, 0.15) is 5.75 Å². The molecule has 1 N–H and O–H groups in total. The van der Waals surface area contributed by atoms with Crippen LogP contribution in [0.1, 0.15) is 11.1 Å². The molecule has 0 spiro atoms. The Kier molecular flexibility index (Phi) is 5.93. The largest absolute Gasteiger partial charge is 0.493 e. The maximum atomic E-state index is 12.1. The number of amides is 1. The van der Waals surface area contributed by atoms with E-state index in [1.165, 1.54) is 0 Å². The molecule has 1 amide bonds. The zero-order chi connectivity index (χ0) is 17.7. The van der Waals surface area contributed by atoms with E-state index in [1.54, 1.807) is 44.6 Å². The van der Waals surface area contributed by atoms with E-state index < -0.39 is 0 Å². The van der Waals surface area contributed by atoms with Gasteiger partial charge in [0.2, 0.25) is 0 Å². The van der Waals surface area contributed by atoms with Crippen LogP contribution in [0.4, 0.5) is 5.69 Å². The van der Waals surface area contributed by atoms with Gasteiger partial charge in [0.15, 0.2) is 18.1 Å². The van der Waals surface area contributed by atoms with Gasteiger partial charge in [0.25, 0.3) is 5.91 Å². The summed E-state index contributed by atoms with van der Waals surface area (Å²) >= 11 is 5.96. The molecule has 128 valence electrons. The summed E-state index contributed by atoms with van der Waals surface area (Å²) in [5.41, 5.74) is 2.40. The lowest BCUT2D eigenvalue weighted by atomic mass is 10.1. The Labute approximate surface area is 146 Å². The highest BCUT2D eigenvalue weighted by Crippen LogP contribution is 2.32. The minimum atomic E-state index is -0.266. The zero-order valence-electron chi connectivity index (χ0n) is 14.1. The third-order valence-corrected chi connectivity index (χ3v) is 3.93. The Morgan fingerprint density at radius 1 is 1.04 bits per heavy atom. The van der Waals surface area contributed by atoms with Gasteiger partial charge in [-0.1, -0.05) is 11.6 Å². The molecule has 0 atom stereocenters. The average molecular weight is 350 g/mol. The third-order valence-electron chi connectivity index (χ3n) is 3.50. The van der Waals surface area contributed by atoms with Gasteiger partial charge >= 0.3 is 0 Å². The fraction of sp³-hybridized carbons (Fsp3) is 0.278. The number of methoxy groups -OCH3 is 2. The first kappa shape index (κ1) is 17.9. The molecule has 2 aromatic rings. The monoisotopic (exact) mass is 349 g/mol. The van der Waals surface area contributed by atoms with Crippen LogP contribution in [0, 0.1) is 13.8 Å². The molecule has 0 heterocycles. The fourth-order valence-corrected chi connectivity index (χ4v) is 2.27. The van der Waals surface area contributed by atoms with Crippen LogP contribution in [-0.2, 0) is 4.79 Å². The van der Waals surface area contributed by atoms with Gasteiger partial charge < -0.3 is 19.5 Å². The summed E-state index contributed by atoms with van der Waals surface area (Å²) in [7, 11) is 3.11. The van der Waals surface area contributed by atoms with Crippen molar-refractivity contribution in [1.82, 2.24) is 0 Å². The lowest BCUT2D eigenvalue weighted by molar-refractivity contribution is -0.118. The molecule has 2 rings (SSSR count). The third kappa shape index (κ3) is 4.32. The minimum absolute atomic E-state index is 0.102.